The zero-order chi connectivity index (χ0) is 15.0. The number of aromatic nitrogens is 4. The lowest BCUT2D eigenvalue weighted by Gasteiger charge is -2.08. The van der Waals surface area contributed by atoms with Gasteiger partial charge in [0.25, 0.3) is 5.56 Å². The first-order valence-corrected chi connectivity index (χ1v) is 6.47. The molecule has 0 aliphatic rings. The van der Waals surface area contributed by atoms with Crippen LogP contribution in [0.5, 0.6) is 0 Å². The van der Waals surface area contributed by atoms with E-state index in [1.165, 1.54) is 0 Å². The maximum atomic E-state index is 12.3. The van der Waals surface area contributed by atoms with E-state index >= 15 is 0 Å². The van der Waals surface area contributed by atoms with E-state index in [0.29, 0.717) is 23.2 Å². The molecule has 0 amide bonds. The Kier molecular flexibility index (Phi) is 3.02. The van der Waals surface area contributed by atoms with Crippen LogP contribution in [0, 0.1) is 0 Å². The van der Waals surface area contributed by atoms with Crippen molar-refractivity contribution in [1.29, 1.82) is 0 Å². The van der Waals surface area contributed by atoms with Gasteiger partial charge in [-0.15, -0.1) is 0 Å². The fourth-order valence-electron chi connectivity index (χ4n) is 2.20. The zero-order valence-electron chi connectivity index (χ0n) is 11.4. The summed E-state index contributed by atoms with van der Waals surface area (Å²) in [6, 6.07) is 3.64. The van der Waals surface area contributed by atoms with Crippen molar-refractivity contribution in [3.8, 4) is 11.3 Å². The van der Waals surface area contributed by atoms with E-state index < -0.39 is 0 Å². The Hall–Kier alpha value is -2.96. The van der Waals surface area contributed by atoms with Crippen LogP contribution in [0.3, 0.4) is 0 Å². The molecule has 0 bridgehead atoms. The number of pyridine rings is 2. The van der Waals surface area contributed by atoms with Crippen LogP contribution in [-0.2, 0) is 6.54 Å². The molecule has 3 rings (SSSR count). The van der Waals surface area contributed by atoms with E-state index in [9.17, 15) is 4.79 Å². The Balaban J connectivity index is 2.25. The highest BCUT2D eigenvalue weighted by molar-refractivity contribution is 5.92. The van der Waals surface area contributed by atoms with Crippen molar-refractivity contribution in [2.75, 3.05) is 11.5 Å². The zero-order valence-corrected chi connectivity index (χ0v) is 11.4. The number of nitrogen functional groups attached to an aromatic ring is 2. The van der Waals surface area contributed by atoms with E-state index in [2.05, 4.69) is 15.0 Å². The van der Waals surface area contributed by atoms with Crippen LogP contribution in [-0.4, -0.2) is 19.5 Å². The minimum absolute atomic E-state index is 0.139. The summed E-state index contributed by atoms with van der Waals surface area (Å²) in [6.45, 7) is 2.48. The van der Waals surface area contributed by atoms with Crippen molar-refractivity contribution in [1.82, 2.24) is 19.5 Å². The molecule has 7 nitrogen and oxygen atoms in total. The van der Waals surface area contributed by atoms with Gasteiger partial charge in [-0.2, -0.15) is 0 Å². The van der Waals surface area contributed by atoms with E-state index in [0.717, 1.165) is 5.39 Å². The molecule has 21 heavy (non-hydrogen) atoms. The smallest absolute Gasteiger partial charge is 0.262 e. The number of nitrogens with two attached hydrogens (primary N) is 2. The number of aryl methyl sites for hydroxylation is 1. The summed E-state index contributed by atoms with van der Waals surface area (Å²) in [7, 11) is 0. The van der Waals surface area contributed by atoms with E-state index in [-0.39, 0.29) is 17.3 Å². The Labute approximate surface area is 120 Å². The van der Waals surface area contributed by atoms with Gasteiger partial charge in [-0.05, 0) is 24.4 Å². The lowest BCUT2D eigenvalue weighted by atomic mass is 10.1. The fourth-order valence-corrected chi connectivity index (χ4v) is 2.20. The third kappa shape index (κ3) is 2.18. The van der Waals surface area contributed by atoms with Gasteiger partial charge in [0.15, 0.2) is 0 Å². The molecule has 3 aromatic heterocycles. The highest BCUT2D eigenvalue weighted by Gasteiger charge is 2.10. The maximum absolute atomic E-state index is 12.3. The van der Waals surface area contributed by atoms with Crippen molar-refractivity contribution >= 4 is 22.5 Å². The second-order valence-electron chi connectivity index (χ2n) is 4.59. The summed E-state index contributed by atoms with van der Waals surface area (Å²) in [4.78, 5) is 24.4. The average molecular weight is 282 g/mol. The third-order valence-electron chi connectivity index (χ3n) is 3.29. The van der Waals surface area contributed by atoms with Crippen molar-refractivity contribution in [2.45, 2.75) is 13.5 Å². The molecule has 0 aliphatic heterocycles. The summed E-state index contributed by atoms with van der Waals surface area (Å²) in [5, 5.41) is 1.17. The maximum Gasteiger partial charge on any atom is 0.262 e. The third-order valence-corrected chi connectivity index (χ3v) is 3.29. The predicted molar refractivity (Wildman–Crippen MR) is 81.5 cm³/mol. The molecule has 0 saturated heterocycles. The monoisotopic (exact) mass is 282 g/mol. The first kappa shape index (κ1) is 13.0. The van der Waals surface area contributed by atoms with Crippen LogP contribution in [0.2, 0.25) is 0 Å². The second kappa shape index (κ2) is 4.86. The quantitative estimate of drug-likeness (QED) is 0.726. The molecule has 0 aliphatic carbocycles. The SMILES string of the molecule is CCn1ccc2cc(-c3cnc(N)nc3)nc(N)c2c1=O. The molecular formula is C14H14N6O. The Bertz CT molecular complexity index is 869. The molecule has 0 saturated carbocycles. The van der Waals surface area contributed by atoms with Crippen molar-refractivity contribution in [2.24, 2.45) is 0 Å². The van der Waals surface area contributed by atoms with Gasteiger partial charge in [-0.25, -0.2) is 15.0 Å². The van der Waals surface area contributed by atoms with Gasteiger partial charge < -0.3 is 16.0 Å². The number of nitrogens with zero attached hydrogens (tertiary/aromatic N) is 4. The van der Waals surface area contributed by atoms with Crippen LogP contribution >= 0.6 is 0 Å². The minimum atomic E-state index is -0.139. The standard InChI is InChI=1S/C14H14N6O/c1-2-20-4-3-8-5-10(9-6-17-14(16)18-7-9)19-12(15)11(8)13(20)21/h3-7H,2H2,1H3,(H2,15,19)(H2,16,17,18). The molecular weight excluding hydrogens is 268 g/mol. The second-order valence-corrected chi connectivity index (χ2v) is 4.59. The van der Waals surface area contributed by atoms with Crippen LogP contribution in [0.1, 0.15) is 6.92 Å². The Morgan fingerprint density at radius 2 is 1.95 bits per heavy atom. The minimum Gasteiger partial charge on any atom is -0.383 e. The highest BCUT2D eigenvalue weighted by Crippen LogP contribution is 2.23. The molecule has 106 valence electrons. The van der Waals surface area contributed by atoms with Crippen molar-refractivity contribution < 1.29 is 0 Å². The molecule has 7 heteroatoms. The van der Waals surface area contributed by atoms with Gasteiger partial charge in [0.2, 0.25) is 5.95 Å². The summed E-state index contributed by atoms with van der Waals surface area (Å²) in [6.07, 6.45) is 4.89. The first-order chi connectivity index (χ1) is 10.1. The largest absolute Gasteiger partial charge is 0.383 e. The average Bonchev–Trinajstić information content (AvgIpc) is 2.48. The van der Waals surface area contributed by atoms with Crippen molar-refractivity contribution in [3.63, 3.8) is 0 Å². The summed E-state index contributed by atoms with van der Waals surface area (Å²) >= 11 is 0. The topological polar surface area (TPSA) is 113 Å². The van der Waals surface area contributed by atoms with Gasteiger partial charge in [0.05, 0.1) is 11.1 Å². The summed E-state index contributed by atoms with van der Waals surface area (Å²) < 4.78 is 1.59. The Morgan fingerprint density at radius 3 is 2.62 bits per heavy atom. The van der Waals surface area contributed by atoms with Gasteiger partial charge in [-0.3, -0.25) is 4.79 Å². The lowest BCUT2D eigenvalue weighted by Crippen LogP contribution is -2.19. The van der Waals surface area contributed by atoms with Crippen LogP contribution < -0.4 is 17.0 Å². The molecule has 0 atom stereocenters. The van der Waals surface area contributed by atoms with E-state index in [4.69, 9.17) is 11.5 Å². The van der Waals surface area contributed by atoms with Gasteiger partial charge in [-0.1, -0.05) is 0 Å². The lowest BCUT2D eigenvalue weighted by molar-refractivity contribution is 0.735. The number of fused-ring (bicyclic) bond motifs is 1. The molecule has 3 aromatic rings. The highest BCUT2D eigenvalue weighted by atomic mass is 16.1. The van der Waals surface area contributed by atoms with Gasteiger partial charge in [0, 0.05) is 30.7 Å². The summed E-state index contributed by atoms with van der Waals surface area (Å²) in [5.41, 5.74) is 12.6. The number of hydrogen-bond donors (Lipinski definition) is 2. The molecule has 0 fully saturated rings. The Morgan fingerprint density at radius 1 is 1.24 bits per heavy atom. The van der Waals surface area contributed by atoms with Crippen molar-refractivity contribution in [3.05, 3.63) is 41.1 Å². The number of rotatable bonds is 2. The molecule has 0 unspecified atom stereocenters. The van der Waals surface area contributed by atoms with E-state index in [1.54, 1.807) is 29.2 Å². The fraction of sp³-hybridized carbons (Fsp3) is 0.143. The molecule has 0 radical (unpaired) electrons. The first-order valence-electron chi connectivity index (χ1n) is 6.47. The van der Waals surface area contributed by atoms with Crippen LogP contribution in [0.25, 0.3) is 22.0 Å². The molecule has 3 heterocycles. The van der Waals surface area contributed by atoms with Crippen LogP contribution in [0.4, 0.5) is 11.8 Å². The molecule has 0 aromatic carbocycles. The van der Waals surface area contributed by atoms with Gasteiger partial charge in [0.1, 0.15) is 5.82 Å². The van der Waals surface area contributed by atoms with E-state index in [1.807, 2.05) is 13.0 Å². The molecule has 4 N–H and O–H groups in total. The molecule has 0 spiro atoms. The normalized spacial score (nSPS) is 10.9. The van der Waals surface area contributed by atoms with Crippen LogP contribution in [0.15, 0.2) is 35.5 Å². The summed E-state index contributed by atoms with van der Waals surface area (Å²) in [5.74, 6) is 0.394. The predicted octanol–water partition coefficient (Wildman–Crippen LogP) is 1.04. The number of anilines is 2. The number of hydrogen-bond acceptors (Lipinski definition) is 6. The van der Waals surface area contributed by atoms with Gasteiger partial charge >= 0.3 is 0 Å².